The van der Waals surface area contributed by atoms with Gasteiger partial charge in [-0.1, -0.05) is 0 Å². The molecule has 3 rings (SSSR count). The van der Waals surface area contributed by atoms with Crippen LogP contribution in [-0.2, 0) is 27.6 Å². The molecule has 1 aliphatic rings. The predicted octanol–water partition coefficient (Wildman–Crippen LogP) is 3.32. The van der Waals surface area contributed by atoms with Gasteiger partial charge >= 0.3 is 12.1 Å². The summed E-state index contributed by atoms with van der Waals surface area (Å²) in [5.41, 5.74) is -1.58. The minimum atomic E-state index is -4.74. The smallest absolute Gasteiger partial charge is 0.416 e. The second-order valence-electron chi connectivity index (χ2n) is 7.35. The lowest BCUT2D eigenvalue weighted by Gasteiger charge is -2.38. The van der Waals surface area contributed by atoms with Crippen molar-refractivity contribution in [1.29, 1.82) is 0 Å². The number of aliphatic hydroxyl groups excluding tert-OH is 1. The van der Waals surface area contributed by atoms with Gasteiger partial charge in [0.1, 0.15) is 18.2 Å². The zero-order valence-electron chi connectivity index (χ0n) is 16.7. The van der Waals surface area contributed by atoms with Gasteiger partial charge in [0.2, 0.25) is 10.0 Å². The minimum absolute atomic E-state index is 0.0642. The van der Waals surface area contributed by atoms with E-state index in [9.17, 15) is 45.4 Å². The molecule has 0 amide bonds. The summed E-state index contributed by atoms with van der Waals surface area (Å²) >= 11 is 0. The molecule has 180 valence electrons. The Morgan fingerprint density at radius 1 is 1.18 bits per heavy atom. The molecule has 2 aromatic carbocycles. The van der Waals surface area contributed by atoms with Crippen LogP contribution in [0.3, 0.4) is 0 Å². The molecule has 7 nitrogen and oxygen atoms in total. The lowest BCUT2D eigenvalue weighted by molar-refractivity contribution is -0.166. The van der Waals surface area contributed by atoms with Crippen molar-refractivity contribution in [1.82, 2.24) is 4.31 Å². The van der Waals surface area contributed by atoms with Gasteiger partial charge in [-0.15, -0.1) is 0 Å². The molecule has 1 saturated heterocycles. The predicted molar refractivity (Wildman–Crippen MR) is 103 cm³/mol. The number of alkyl halides is 4. The van der Waals surface area contributed by atoms with Gasteiger partial charge in [-0.05, 0) is 48.9 Å². The molecule has 2 atom stereocenters. The molecule has 1 aliphatic heterocycles. The molecule has 0 spiro atoms. The Bertz CT molecular complexity index is 1140. The Morgan fingerprint density at radius 3 is 2.39 bits per heavy atom. The Balaban J connectivity index is 1.82. The van der Waals surface area contributed by atoms with E-state index in [0.29, 0.717) is 18.2 Å². The molecule has 0 radical (unpaired) electrons. The molecule has 2 aromatic rings. The van der Waals surface area contributed by atoms with E-state index in [1.165, 1.54) is 0 Å². The first-order valence-corrected chi connectivity index (χ1v) is 10.9. The Kier molecular flexibility index (Phi) is 6.69. The van der Waals surface area contributed by atoms with E-state index in [-0.39, 0.29) is 16.5 Å². The molecule has 0 aromatic heterocycles. The highest BCUT2D eigenvalue weighted by Crippen LogP contribution is 2.36. The normalized spacial score (nSPS) is 22.2. The van der Waals surface area contributed by atoms with Crippen LogP contribution in [0.15, 0.2) is 47.4 Å². The quantitative estimate of drug-likeness (QED) is 0.471. The zero-order valence-corrected chi connectivity index (χ0v) is 17.5. The maximum Gasteiger partial charge on any atom is 0.416 e. The standard InChI is InChI=1S/C20H18F5NO6S/c21-13-1-6-17(20(23,24)25)12(9-13)11-32-15-2-4-16(5-3-15)33(30,31)26-10-14(27)7-8-19(26,22)18(28)29/h1-6,9,14,27H,7-8,10-11H2,(H,28,29). The fourth-order valence-corrected chi connectivity index (χ4v) is 5.02. The summed E-state index contributed by atoms with van der Waals surface area (Å²) in [6.45, 7) is -1.45. The lowest BCUT2D eigenvalue weighted by atomic mass is 10.0. The van der Waals surface area contributed by atoms with Crippen LogP contribution in [0.4, 0.5) is 22.0 Å². The number of nitrogens with zero attached hydrogens (tertiary/aromatic N) is 1. The number of sulfonamides is 1. The molecule has 0 aliphatic carbocycles. The van der Waals surface area contributed by atoms with Crippen molar-refractivity contribution < 1.29 is 50.1 Å². The molecule has 1 heterocycles. The molecular weight excluding hydrogens is 477 g/mol. The fourth-order valence-electron chi connectivity index (χ4n) is 3.37. The van der Waals surface area contributed by atoms with Crippen LogP contribution in [0.25, 0.3) is 0 Å². The van der Waals surface area contributed by atoms with Crippen LogP contribution < -0.4 is 4.74 Å². The van der Waals surface area contributed by atoms with Crippen molar-refractivity contribution in [2.24, 2.45) is 0 Å². The summed E-state index contributed by atoms with van der Waals surface area (Å²) in [6.07, 6.45) is -7.01. The number of carboxylic acids is 1. The van der Waals surface area contributed by atoms with Gasteiger partial charge in [-0.3, -0.25) is 0 Å². The summed E-state index contributed by atoms with van der Waals surface area (Å²) in [7, 11) is -4.70. The van der Waals surface area contributed by atoms with Crippen LogP contribution in [0.5, 0.6) is 5.75 Å². The number of aliphatic hydroxyl groups is 1. The van der Waals surface area contributed by atoms with Crippen LogP contribution >= 0.6 is 0 Å². The van der Waals surface area contributed by atoms with Crippen LogP contribution in [0, 0.1) is 5.82 Å². The Morgan fingerprint density at radius 2 is 1.82 bits per heavy atom. The molecule has 1 fully saturated rings. The number of carbonyl (C=O) groups is 1. The van der Waals surface area contributed by atoms with Crippen LogP contribution in [0.2, 0.25) is 0 Å². The second kappa shape index (κ2) is 8.88. The monoisotopic (exact) mass is 495 g/mol. The Hall–Kier alpha value is -2.77. The zero-order chi connectivity index (χ0) is 24.6. The van der Waals surface area contributed by atoms with Gasteiger partial charge < -0.3 is 14.9 Å². The summed E-state index contributed by atoms with van der Waals surface area (Å²) in [5.74, 6) is -6.25. The van der Waals surface area contributed by atoms with Gasteiger partial charge in [-0.25, -0.2) is 22.0 Å². The van der Waals surface area contributed by atoms with Gasteiger partial charge in [0.15, 0.2) is 0 Å². The van der Waals surface area contributed by atoms with E-state index in [2.05, 4.69) is 0 Å². The number of hydrogen-bond acceptors (Lipinski definition) is 5. The van der Waals surface area contributed by atoms with Crippen molar-refractivity contribution in [2.75, 3.05) is 6.54 Å². The molecular formula is C20H18F5NO6S. The fraction of sp³-hybridized carbons (Fsp3) is 0.350. The first-order chi connectivity index (χ1) is 15.2. The summed E-state index contributed by atoms with van der Waals surface area (Å²) in [4.78, 5) is 10.9. The number of aliphatic carboxylic acids is 1. The van der Waals surface area contributed by atoms with Crippen molar-refractivity contribution in [3.63, 3.8) is 0 Å². The van der Waals surface area contributed by atoms with E-state index in [1.807, 2.05) is 0 Å². The third-order valence-corrected chi connectivity index (χ3v) is 6.97. The largest absolute Gasteiger partial charge is 0.489 e. The number of hydrogen-bond donors (Lipinski definition) is 2. The molecule has 33 heavy (non-hydrogen) atoms. The third kappa shape index (κ3) is 5.09. The van der Waals surface area contributed by atoms with Crippen molar-refractivity contribution in [3.05, 3.63) is 59.4 Å². The van der Waals surface area contributed by atoms with E-state index >= 15 is 0 Å². The van der Waals surface area contributed by atoms with E-state index in [0.717, 1.165) is 24.3 Å². The topological polar surface area (TPSA) is 104 Å². The Labute approximate surface area is 185 Å². The van der Waals surface area contributed by atoms with E-state index < -0.39 is 75.5 Å². The summed E-state index contributed by atoms with van der Waals surface area (Å²) < 4.78 is 98.5. The van der Waals surface area contributed by atoms with E-state index in [1.54, 1.807) is 0 Å². The van der Waals surface area contributed by atoms with Gasteiger partial charge in [0, 0.05) is 18.5 Å². The van der Waals surface area contributed by atoms with Gasteiger partial charge in [-0.2, -0.15) is 17.5 Å². The number of β-amino-alcohol motifs (C(OH)–C–C–N with tert-alkyl or cyclic N) is 1. The average molecular weight is 495 g/mol. The number of benzene rings is 2. The van der Waals surface area contributed by atoms with Crippen molar-refractivity contribution >= 4 is 16.0 Å². The number of rotatable bonds is 6. The molecule has 2 N–H and O–H groups in total. The number of piperidine rings is 1. The maximum atomic E-state index is 15.0. The molecule has 0 bridgehead atoms. The van der Waals surface area contributed by atoms with Gasteiger partial charge in [0.05, 0.1) is 16.6 Å². The summed E-state index contributed by atoms with van der Waals surface area (Å²) in [5, 5.41) is 18.9. The first-order valence-electron chi connectivity index (χ1n) is 9.47. The van der Waals surface area contributed by atoms with Crippen LogP contribution in [-0.4, -0.2) is 47.3 Å². The highest BCUT2D eigenvalue weighted by atomic mass is 32.2. The molecule has 13 heteroatoms. The maximum absolute atomic E-state index is 15.0. The minimum Gasteiger partial charge on any atom is -0.489 e. The van der Waals surface area contributed by atoms with Crippen molar-refractivity contribution in [2.45, 2.75) is 42.4 Å². The second-order valence-corrected chi connectivity index (χ2v) is 9.21. The first kappa shape index (κ1) is 24.9. The number of carboxylic acid groups (broad SMARTS) is 1. The lowest BCUT2D eigenvalue weighted by Crippen LogP contribution is -2.59. The van der Waals surface area contributed by atoms with E-state index in [4.69, 9.17) is 4.74 Å². The highest BCUT2D eigenvalue weighted by molar-refractivity contribution is 7.89. The summed E-state index contributed by atoms with van der Waals surface area (Å²) in [6, 6.07) is 5.93. The average Bonchev–Trinajstić information content (AvgIpc) is 2.73. The SMILES string of the molecule is O=C(O)C1(F)CCC(O)CN1S(=O)(=O)c1ccc(OCc2cc(F)ccc2C(F)(F)F)cc1. The van der Waals surface area contributed by atoms with Crippen molar-refractivity contribution in [3.8, 4) is 5.75 Å². The van der Waals surface area contributed by atoms with Gasteiger partial charge in [0.25, 0.3) is 5.79 Å². The van der Waals surface area contributed by atoms with Crippen LogP contribution in [0.1, 0.15) is 24.0 Å². The molecule has 0 saturated carbocycles. The number of halogens is 5. The third-order valence-electron chi connectivity index (χ3n) is 5.09. The number of ether oxygens (including phenoxy) is 1. The highest BCUT2D eigenvalue weighted by Gasteiger charge is 2.54. The molecule has 2 unspecified atom stereocenters.